The van der Waals surface area contributed by atoms with E-state index in [2.05, 4.69) is 19.6 Å². The highest BCUT2D eigenvalue weighted by molar-refractivity contribution is 5.62. The molecule has 0 aromatic heterocycles. The molecule has 1 atom stereocenters. The van der Waals surface area contributed by atoms with Crippen molar-refractivity contribution in [1.82, 2.24) is 0 Å². The minimum absolute atomic E-state index is 0.845. The summed E-state index contributed by atoms with van der Waals surface area (Å²) in [6, 6.07) is 0. The van der Waals surface area contributed by atoms with Gasteiger partial charge in [0.05, 0.1) is 0 Å². The third kappa shape index (κ3) is 0.696. The fraction of sp³-hybridized carbons (Fsp3) is 0.333. The first-order chi connectivity index (χ1) is 7.31. The summed E-state index contributed by atoms with van der Waals surface area (Å²) in [5.41, 5.74) is 8.12. The van der Waals surface area contributed by atoms with Crippen LogP contribution in [0.25, 0.3) is 0 Å². The van der Waals surface area contributed by atoms with Gasteiger partial charge >= 0.3 is 0 Å². The van der Waals surface area contributed by atoms with Gasteiger partial charge in [-0.25, -0.2) is 0 Å². The largest absolute Gasteiger partial charge is 0.0988 e. The summed E-state index contributed by atoms with van der Waals surface area (Å²) in [5.74, 6) is 0.845. The Hall–Kier alpha value is -1.30. The van der Waals surface area contributed by atoms with Crippen LogP contribution in [0, 0.1) is 10.4 Å². The smallest absolute Gasteiger partial charge is 0.00197 e. The summed E-state index contributed by atoms with van der Waals surface area (Å²) in [6.45, 7) is 6.23. The summed E-state index contributed by atoms with van der Waals surface area (Å²) in [4.78, 5) is 0. The van der Waals surface area contributed by atoms with Crippen LogP contribution in [0.2, 0.25) is 0 Å². The van der Waals surface area contributed by atoms with Gasteiger partial charge in [0.2, 0.25) is 0 Å². The van der Waals surface area contributed by atoms with E-state index in [9.17, 15) is 0 Å². The van der Waals surface area contributed by atoms with Crippen LogP contribution in [0.1, 0.15) is 35.1 Å². The van der Waals surface area contributed by atoms with Gasteiger partial charge in [0.1, 0.15) is 0 Å². The van der Waals surface area contributed by atoms with Crippen LogP contribution in [-0.2, 0) is 19.3 Å². The van der Waals surface area contributed by atoms with Gasteiger partial charge in [-0.05, 0) is 63.4 Å². The maximum Gasteiger partial charge on any atom is -0.00197 e. The lowest BCUT2D eigenvalue weighted by Crippen LogP contribution is -2.28. The van der Waals surface area contributed by atoms with Gasteiger partial charge in [0.25, 0.3) is 0 Å². The van der Waals surface area contributed by atoms with E-state index in [1.54, 1.807) is 32.7 Å². The number of allylic oxidation sites excluding steroid dienone is 3. The topological polar surface area (TPSA) is 0 Å². The molecule has 0 saturated heterocycles. The Morgan fingerprint density at radius 3 is 2.87 bits per heavy atom. The quantitative estimate of drug-likeness (QED) is 0.654. The van der Waals surface area contributed by atoms with Gasteiger partial charge in [0, 0.05) is 0 Å². The molecular weight excluding hydrogens is 180 g/mol. The zero-order valence-corrected chi connectivity index (χ0v) is 9.06. The summed E-state index contributed by atoms with van der Waals surface area (Å²) < 4.78 is 0. The van der Waals surface area contributed by atoms with Crippen LogP contribution in [0.3, 0.4) is 0 Å². The summed E-state index contributed by atoms with van der Waals surface area (Å²) in [5, 5.41) is 3.32. The van der Waals surface area contributed by atoms with Crippen LogP contribution in [-0.4, -0.2) is 0 Å². The SMILES string of the molecule is C=CC1=CCc2c(c3c4c(c2=3)C(C)C4)C1. The Balaban J connectivity index is 1.88. The molecule has 0 radical (unpaired) electrons. The van der Waals surface area contributed by atoms with Crippen molar-refractivity contribution in [1.29, 1.82) is 0 Å². The van der Waals surface area contributed by atoms with E-state index in [1.807, 2.05) is 6.08 Å². The van der Waals surface area contributed by atoms with E-state index in [1.165, 1.54) is 12.0 Å². The maximum absolute atomic E-state index is 3.87. The zero-order valence-electron chi connectivity index (χ0n) is 9.06. The van der Waals surface area contributed by atoms with Crippen molar-refractivity contribution in [2.24, 2.45) is 0 Å². The normalized spacial score (nSPS) is 23.5. The van der Waals surface area contributed by atoms with E-state index in [-0.39, 0.29) is 0 Å². The molecule has 0 aromatic rings. The summed E-state index contributed by atoms with van der Waals surface area (Å²) >= 11 is 0. The lowest BCUT2D eigenvalue weighted by molar-refractivity contribution is 0.624. The Labute approximate surface area is 89.6 Å². The van der Waals surface area contributed by atoms with Gasteiger partial charge in [-0.15, -0.1) is 0 Å². The fourth-order valence-corrected chi connectivity index (χ4v) is 3.51. The molecule has 4 rings (SSSR count). The molecule has 74 valence electrons. The van der Waals surface area contributed by atoms with Crippen molar-refractivity contribution in [2.75, 3.05) is 0 Å². The predicted octanol–water partition coefficient (Wildman–Crippen LogP) is 3.16. The monoisotopic (exact) mass is 194 g/mol. The van der Waals surface area contributed by atoms with E-state index < -0.39 is 0 Å². The van der Waals surface area contributed by atoms with Gasteiger partial charge in [-0.3, -0.25) is 0 Å². The third-order valence-electron chi connectivity index (χ3n) is 4.33. The van der Waals surface area contributed by atoms with Crippen molar-refractivity contribution < 1.29 is 0 Å². The highest BCUT2D eigenvalue weighted by Crippen LogP contribution is 2.48. The zero-order chi connectivity index (χ0) is 10.2. The highest BCUT2D eigenvalue weighted by Gasteiger charge is 2.36. The van der Waals surface area contributed by atoms with Crippen molar-refractivity contribution in [3.8, 4) is 0 Å². The van der Waals surface area contributed by atoms with Crippen molar-refractivity contribution in [3.63, 3.8) is 0 Å². The number of hydrogen-bond donors (Lipinski definition) is 0. The standard InChI is InChI=1S/C15H14/c1-3-9-4-5-10-11(7-9)14-12-6-8(2)13(12)15(10)14/h3-4,8H,1,5-7H2,2H3. The van der Waals surface area contributed by atoms with Crippen molar-refractivity contribution in [2.45, 2.75) is 32.1 Å². The molecule has 0 heteroatoms. The average Bonchev–Trinajstić information content (AvgIpc) is 2.23. The molecule has 0 N–H and O–H groups in total. The lowest BCUT2D eigenvalue weighted by Gasteiger charge is -2.40. The fourth-order valence-electron chi connectivity index (χ4n) is 3.51. The van der Waals surface area contributed by atoms with Gasteiger partial charge < -0.3 is 0 Å². The molecule has 1 unspecified atom stereocenters. The van der Waals surface area contributed by atoms with E-state index in [4.69, 9.17) is 0 Å². The van der Waals surface area contributed by atoms with Crippen LogP contribution in [0.5, 0.6) is 0 Å². The molecule has 0 aromatic carbocycles. The first-order valence-corrected chi connectivity index (χ1v) is 5.83. The van der Waals surface area contributed by atoms with Crippen LogP contribution >= 0.6 is 0 Å². The molecule has 15 heavy (non-hydrogen) atoms. The number of rotatable bonds is 1. The third-order valence-corrected chi connectivity index (χ3v) is 4.33. The van der Waals surface area contributed by atoms with Gasteiger partial charge in [0.15, 0.2) is 0 Å². The van der Waals surface area contributed by atoms with Gasteiger partial charge in [-0.1, -0.05) is 25.7 Å². The summed E-state index contributed by atoms with van der Waals surface area (Å²) in [7, 11) is 0. The minimum atomic E-state index is 0.845. The molecule has 0 fully saturated rings. The Kier molecular flexibility index (Phi) is 1.20. The second-order valence-electron chi connectivity index (χ2n) is 5.07. The second-order valence-corrected chi connectivity index (χ2v) is 5.07. The number of fused-ring (bicyclic) bond motifs is 6. The summed E-state index contributed by atoms with van der Waals surface area (Å²) in [6.07, 6.45) is 7.98. The highest BCUT2D eigenvalue weighted by atomic mass is 14.4. The van der Waals surface area contributed by atoms with E-state index >= 15 is 0 Å². The average molecular weight is 194 g/mol. The van der Waals surface area contributed by atoms with Crippen LogP contribution < -0.4 is 0 Å². The maximum atomic E-state index is 3.87. The van der Waals surface area contributed by atoms with Crippen LogP contribution in [0.15, 0.2) is 24.3 Å². The van der Waals surface area contributed by atoms with E-state index in [0.29, 0.717) is 0 Å². The lowest BCUT2D eigenvalue weighted by atomic mass is 9.64. The number of hydrogen-bond acceptors (Lipinski definition) is 0. The molecule has 4 aliphatic carbocycles. The molecule has 0 saturated carbocycles. The van der Waals surface area contributed by atoms with E-state index in [0.717, 1.165) is 18.8 Å². The van der Waals surface area contributed by atoms with Crippen molar-refractivity contribution >= 4 is 0 Å². The molecule has 0 amide bonds. The van der Waals surface area contributed by atoms with Crippen LogP contribution in [0.4, 0.5) is 0 Å². The molecular formula is C15H14. The number of benzene rings is 1. The molecule has 0 nitrogen and oxygen atoms in total. The second kappa shape index (κ2) is 2.27. The minimum Gasteiger partial charge on any atom is -0.0988 e. The molecule has 0 aliphatic heterocycles. The van der Waals surface area contributed by atoms with Gasteiger partial charge in [-0.2, -0.15) is 0 Å². The molecule has 0 spiro atoms. The Morgan fingerprint density at radius 2 is 2.13 bits per heavy atom. The first-order valence-electron chi connectivity index (χ1n) is 5.83. The molecule has 0 heterocycles. The van der Waals surface area contributed by atoms with Crippen molar-refractivity contribution in [3.05, 3.63) is 57.0 Å². The Bertz CT molecular complexity index is 629. The first kappa shape index (κ1) is 7.92. The molecule has 4 aliphatic rings. The molecule has 0 bridgehead atoms. The predicted molar refractivity (Wildman–Crippen MR) is 61.9 cm³/mol. The Morgan fingerprint density at radius 1 is 1.27 bits per heavy atom.